The molecule has 0 unspecified atom stereocenters. The normalized spacial score (nSPS) is 16.8. The summed E-state index contributed by atoms with van der Waals surface area (Å²) in [6.07, 6.45) is -3.32. The molecule has 1 aromatic heterocycles. The molecule has 0 radical (unpaired) electrons. The molecule has 1 amide bonds. The van der Waals surface area contributed by atoms with Gasteiger partial charge in [0.2, 0.25) is 6.79 Å². The van der Waals surface area contributed by atoms with Crippen molar-refractivity contribution in [2.75, 3.05) is 24.8 Å². The summed E-state index contributed by atoms with van der Waals surface area (Å²) < 4.78 is 49.5. The number of hydrogen-bond donors (Lipinski definition) is 1. The van der Waals surface area contributed by atoms with E-state index < -0.39 is 11.9 Å². The number of aromatic nitrogens is 2. The number of amides is 1. The van der Waals surface area contributed by atoms with Gasteiger partial charge in [-0.2, -0.15) is 13.2 Å². The van der Waals surface area contributed by atoms with Gasteiger partial charge in [-0.15, -0.1) is 0 Å². The van der Waals surface area contributed by atoms with Gasteiger partial charge in [0, 0.05) is 30.8 Å². The molecular weight excluding hydrogens is 389 g/mol. The van der Waals surface area contributed by atoms with Gasteiger partial charge in [-0.3, -0.25) is 4.79 Å². The van der Waals surface area contributed by atoms with Crippen LogP contribution in [0.5, 0.6) is 11.5 Å². The Morgan fingerprint density at radius 2 is 1.86 bits per heavy atom. The summed E-state index contributed by atoms with van der Waals surface area (Å²) in [6, 6.07) is 5.89. The molecule has 154 valence electrons. The van der Waals surface area contributed by atoms with Crippen LogP contribution in [0.25, 0.3) is 0 Å². The van der Waals surface area contributed by atoms with Crippen molar-refractivity contribution in [3.63, 3.8) is 0 Å². The number of rotatable bonds is 3. The number of ether oxygens (including phenoxy) is 2. The molecule has 2 aromatic rings. The second-order valence-electron chi connectivity index (χ2n) is 6.96. The first-order valence-corrected chi connectivity index (χ1v) is 9.18. The predicted octanol–water partition coefficient (Wildman–Crippen LogP) is 2.93. The molecule has 10 heteroatoms. The molecule has 4 rings (SSSR count). The molecule has 0 spiro atoms. The molecule has 1 saturated heterocycles. The van der Waals surface area contributed by atoms with E-state index in [1.54, 1.807) is 23.1 Å². The lowest BCUT2D eigenvalue weighted by Crippen LogP contribution is -2.45. The van der Waals surface area contributed by atoms with Crippen molar-refractivity contribution in [1.29, 1.82) is 0 Å². The molecule has 0 aliphatic carbocycles. The van der Waals surface area contributed by atoms with Crippen molar-refractivity contribution in [3.8, 4) is 11.5 Å². The summed E-state index contributed by atoms with van der Waals surface area (Å²) in [6.45, 7) is 2.55. The number of hydrogen-bond acceptors (Lipinski definition) is 6. The minimum atomic E-state index is -4.51. The zero-order chi connectivity index (χ0) is 20.6. The number of piperidine rings is 1. The summed E-state index contributed by atoms with van der Waals surface area (Å²) in [7, 11) is 0. The standard InChI is InChI=1S/C19H19F3N4O3/c1-11-23-16(19(20,21)22)9-17(24-11)26-6-4-13(5-7-26)25-18(27)12-2-3-14-15(8-12)29-10-28-14/h2-3,8-9,13H,4-7,10H2,1H3,(H,25,27). The van der Waals surface area contributed by atoms with Crippen LogP contribution < -0.4 is 19.7 Å². The molecule has 2 aliphatic heterocycles. The summed E-state index contributed by atoms with van der Waals surface area (Å²) >= 11 is 0. The Bertz CT molecular complexity index is 927. The van der Waals surface area contributed by atoms with Crippen LogP contribution in [0.3, 0.4) is 0 Å². The van der Waals surface area contributed by atoms with Crippen LogP contribution in [0, 0.1) is 6.92 Å². The third kappa shape index (κ3) is 4.20. The SMILES string of the molecule is Cc1nc(N2CCC(NC(=O)c3ccc4c(c3)OCO4)CC2)cc(C(F)(F)F)n1. The maximum absolute atomic E-state index is 13.0. The third-order valence-electron chi connectivity index (χ3n) is 4.90. The maximum atomic E-state index is 13.0. The maximum Gasteiger partial charge on any atom is 0.433 e. The number of nitrogens with one attached hydrogen (secondary N) is 1. The van der Waals surface area contributed by atoms with Gasteiger partial charge in [0.05, 0.1) is 0 Å². The number of nitrogens with zero attached hydrogens (tertiary/aromatic N) is 3. The Morgan fingerprint density at radius 3 is 2.59 bits per heavy atom. The minimum absolute atomic E-state index is 0.0748. The van der Waals surface area contributed by atoms with E-state index in [1.807, 2.05) is 0 Å². The van der Waals surface area contributed by atoms with Gasteiger partial charge >= 0.3 is 6.18 Å². The fraction of sp³-hybridized carbons (Fsp3) is 0.421. The van der Waals surface area contributed by atoms with Gasteiger partial charge in [0.1, 0.15) is 17.3 Å². The van der Waals surface area contributed by atoms with Gasteiger partial charge in [-0.1, -0.05) is 0 Å². The van der Waals surface area contributed by atoms with E-state index in [-0.39, 0.29) is 30.4 Å². The summed E-state index contributed by atoms with van der Waals surface area (Å²) in [5, 5.41) is 2.97. The lowest BCUT2D eigenvalue weighted by atomic mass is 10.0. The number of carbonyl (C=O) groups excluding carboxylic acids is 1. The number of benzene rings is 1. The molecule has 1 N–H and O–H groups in total. The van der Waals surface area contributed by atoms with Crippen molar-refractivity contribution < 1.29 is 27.4 Å². The Labute approximate surface area is 164 Å². The summed E-state index contributed by atoms with van der Waals surface area (Å²) in [4.78, 5) is 21.9. The second kappa shape index (κ2) is 7.41. The van der Waals surface area contributed by atoms with Crippen molar-refractivity contribution in [1.82, 2.24) is 15.3 Å². The van der Waals surface area contributed by atoms with Gasteiger partial charge in [-0.25, -0.2) is 9.97 Å². The Hall–Kier alpha value is -3.04. The van der Waals surface area contributed by atoms with Gasteiger partial charge in [-0.05, 0) is 38.0 Å². The van der Waals surface area contributed by atoms with Crippen LogP contribution in [0.15, 0.2) is 24.3 Å². The largest absolute Gasteiger partial charge is 0.454 e. The third-order valence-corrected chi connectivity index (χ3v) is 4.90. The predicted molar refractivity (Wildman–Crippen MR) is 97.0 cm³/mol. The number of fused-ring (bicyclic) bond motifs is 1. The van der Waals surface area contributed by atoms with Crippen molar-refractivity contribution in [3.05, 3.63) is 41.3 Å². The molecule has 1 aromatic carbocycles. The van der Waals surface area contributed by atoms with Crippen molar-refractivity contribution >= 4 is 11.7 Å². The zero-order valence-electron chi connectivity index (χ0n) is 15.6. The molecule has 0 bridgehead atoms. The molecule has 1 fully saturated rings. The van der Waals surface area contributed by atoms with Gasteiger partial charge in [0.15, 0.2) is 11.5 Å². The average molecular weight is 408 g/mol. The van der Waals surface area contributed by atoms with Crippen molar-refractivity contribution in [2.24, 2.45) is 0 Å². The number of aryl methyl sites for hydroxylation is 1. The highest BCUT2D eigenvalue weighted by Gasteiger charge is 2.34. The highest BCUT2D eigenvalue weighted by Crippen LogP contribution is 2.33. The summed E-state index contributed by atoms with van der Waals surface area (Å²) in [5.41, 5.74) is -0.476. The first-order valence-electron chi connectivity index (χ1n) is 9.18. The lowest BCUT2D eigenvalue weighted by Gasteiger charge is -2.33. The van der Waals surface area contributed by atoms with Crippen molar-refractivity contribution in [2.45, 2.75) is 32.0 Å². The quantitative estimate of drug-likeness (QED) is 0.842. The lowest BCUT2D eigenvalue weighted by molar-refractivity contribution is -0.141. The number of halogens is 3. The second-order valence-corrected chi connectivity index (χ2v) is 6.96. The fourth-order valence-corrected chi connectivity index (χ4v) is 3.42. The molecular formula is C19H19F3N4O3. The van der Waals surface area contributed by atoms with E-state index in [1.165, 1.54) is 6.92 Å². The topological polar surface area (TPSA) is 76.6 Å². The fourth-order valence-electron chi connectivity index (χ4n) is 3.42. The minimum Gasteiger partial charge on any atom is -0.454 e. The number of alkyl halides is 3. The van der Waals surface area contributed by atoms with Gasteiger partial charge in [0.25, 0.3) is 5.91 Å². The smallest absolute Gasteiger partial charge is 0.433 e. The first-order chi connectivity index (χ1) is 13.8. The van der Waals surface area contributed by atoms with Gasteiger partial charge < -0.3 is 19.7 Å². The molecule has 0 saturated carbocycles. The van der Waals surface area contributed by atoms with Crippen LogP contribution >= 0.6 is 0 Å². The molecule has 3 heterocycles. The molecule has 2 aliphatic rings. The first kappa shape index (κ1) is 19.3. The zero-order valence-corrected chi connectivity index (χ0v) is 15.6. The average Bonchev–Trinajstić information content (AvgIpc) is 3.15. The van der Waals surface area contributed by atoms with Crippen LogP contribution in [-0.2, 0) is 6.18 Å². The van der Waals surface area contributed by atoms with E-state index in [0.717, 1.165) is 6.07 Å². The van der Waals surface area contributed by atoms with Crippen LogP contribution in [0.4, 0.5) is 19.0 Å². The van der Waals surface area contributed by atoms with E-state index in [9.17, 15) is 18.0 Å². The molecule has 0 atom stereocenters. The monoisotopic (exact) mass is 408 g/mol. The number of carbonyl (C=O) groups is 1. The van der Waals surface area contributed by atoms with Crippen LogP contribution in [0.1, 0.15) is 34.7 Å². The van der Waals surface area contributed by atoms with Crippen LogP contribution in [0.2, 0.25) is 0 Å². The van der Waals surface area contributed by atoms with E-state index in [4.69, 9.17) is 9.47 Å². The van der Waals surface area contributed by atoms with E-state index >= 15 is 0 Å². The van der Waals surface area contributed by atoms with E-state index in [0.29, 0.717) is 43.0 Å². The molecule has 29 heavy (non-hydrogen) atoms. The Kier molecular flexibility index (Phi) is 4.93. The highest BCUT2D eigenvalue weighted by molar-refractivity contribution is 5.95. The highest BCUT2D eigenvalue weighted by atomic mass is 19.4. The summed E-state index contributed by atoms with van der Waals surface area (Å²) in [5.74, 6) is 1.25. The number of anilines is 1. The Morgan fingerprint density at radius 1 is 1.14 bits per heavy atom. The Balaban J connectivity index is 1.37. The van der Waals surface area contributed by atoms with E-state index in [2.05, 4.69) is 15.3 Å². The van der Waals surface area contributed by atoms with Crippen LogP contribution in [-0.4, -0.2) is 41.8 Å². The molecule has 7 nitrogen and oxygen atoms in total.